The van der Waals surface area contributed by atoms with Gasteiger partial charge in [-0.1, -0.05) is 56.5 Å². The predicted octanol–water partition coefficient (Wildman–Crippen LogP) is 6.00. The summed E-state index contributed by atoms with van der Waals surface area (Å²) in [6.45, 7) is 8.22. The van der Waals surface area contributed by atoms with Gasteiger partial charge >= 0.3 is 11.6 Å². The summed E-state index contributed by atoms with van der Waals surface area (Å²) in [5.74, 6) is 0.203. The minimum absolute atomic E-state index is 0.317. The van der Waals surface area contributed by atoms with Crippen LogP contribution < -0.4 is 10.4 Å². The van der Waals surface area contributed by atoms with Crippen LogP contribution in [0.3, 0.4) is 0 Å². The van der Waals surface area contributed by atoms with Crippen LogP contribution in [0.15, 0.2) is 64.0 Å². The third kappa shape index (κ3) is 7.04. The van der Waals surface area contributed by atoms with Gasteiger partial charge in [0.15, 0.2) is 5.58 Å². The average Bonchev–Trinajstić information content (AvgIpc) is 2.80. The largest absolute Gasteiger partial charge is 0.478 e. The molecule has 0 saturated carbocycles. The molecule has 0 bridgehead atoms. The number of carbonyl (C=O) groups is 1. The van der Waals surface area contributed by atoms with Gasteiger partial charge in [-0.3, -0.25) is 0 Å². The molecule has 3 rings (SSSR count). The number of benzene rings is 1. The third-order valence-corrected chi connectivity index (χ3v) is 5.40. The zero-order chi connectivity index (χ0) is 23.6. The van der Waals surface area contributed by atoms with Gasteiger partial charge in [-0.2, -0.15) is 0 Å². The number of pyridine rings is 1. The smallest absolute Gasteiger partial charge is 0.344 e. The quantitative estimate of drug-likeness (QED) is 0.192. The number of nitrogens with zero attached hydrogens (tertiary/aromatic N) is 1. The summed E-state index contributed by atoms with van der Waals surface area (Å²) in [5.41, 5.74) is 2.92. The topological polar surface area (TPSA) is 78.6 Å². The Bertz CT molecular complexity index is 1160. The highest BCUT2D eigenvalue weighted by Crippen LogP contribution is 2.25. The summed E-state index contributed by atoms with van der Waals surface area (Å²) in [5, 5.41) is 0.783. The number of fused-ring (bicyclic) bond motifs is 1. The van der Waals surface area contributed by atoms with Crippen LogP contribution in [0, 0.1) is 6.92 Å². The molecule has 0 N–H and O–H groups in total. The minimum Gasteiger partial charge on any atom is -0.478 e. The molecule has 0 aliphatic carbocycles. The van der Waals surface area contributed by atoms with Crippen molar-refractivity contribution in [1.29, 1.82) is 0 Å². The second-order valence-electron chi connectivity index (χ2n) is 8.21. The molecule has 174 valence electrons. The van der Waals surface area contributed by atoms with Gasteiger partial charge < -0.3 is 13.9 Å². The van der Waals surface area contributed by atoms with Crippen LogP contribution in [0.5, 0.6) is 5.88 Å². The van der Waals surface area contributed by atoms with Gasteiger partial charge in [0, 0.05) is 17.0 Å². The van der Waals surface area contributed by atoms with E-state index in [1.165, 1.54) is 6.20 Å². The Morgan fingerprint density at radius 1 is 1.00 bits per heavy atom. The molecule has 2 heterocycles. The normalized spacial score (nSPS) is 10.8. The van der Waals surface area contributed by atoms with E-state index in [-0.39, 0.29) is 11.6 Å². The van der Waals surface area contributed by atoms with Gasteiger partial charge in [0.25, 0.3) is 0 Å². The van der Waals surface area contributed by atoms with Crippen LogP contribution >= 0.6 is 0 Å². The van der Waals surface area contributed by atoms with Crippen molar-refractivity contribution in [2.75, 3.05) is 13.2 Å². The van der Waals surface area contributed by atoms with Crippen molar-refractivity contribution in [2.24, 2.45) is 0 Å². The van der Waals surface area contributed by atoms with Crippen LogP contribution in [-0.4, -0.2) is 24.2 Å². The molecule has 0 fully saturated rings. The van der Waals surface area contributed by atoms with Gasteiger partial charge in [0.05, 0.1) is 25.0 Å². The molecule has 0 aliphatic rings. The zero-order valence-corrected chi connectivity index (χ0v) is 19.4. The second kappa shape index (κ2) is 12.0. The maximum Gasteiger partial charge on any atom is 0.344 e. The Labute approximate surface area is 194 Å². The van der Waals surface area contributed by atoms with E-state index in [1.807, 2.05) is 43.3 Å². The molecule has 0 unspecified atom stereocenters. The van der Waals surface area contributed by atoms with Crippen LogP contribution in [0.1, 0.15) is 51.0 Å². The van der Waals surface area contributed by atoms with Crippen LogP contribution in [0.4, 0.5) is 0 Å². The molecule has 0 aliphatic heterocycles. The summed E-state index contributed by atoms with van der Waals surface area (Å²) in [7, 11) is 0. The Kier molecular flexibility index (Phi) is 8.81. The first-order valence-electron chi connectivity index (χ1n) is 11.4. The summed E-state index contributed by atoms with van der Waals surface area (Å²) in [6.07, 6.45) is 7.64. The van der Waals surface area contributed by atoms with Crippen LogP contribution in [0.25, 0.3) is 22.1 Å². The SMILES string of the molecule is C=C(C)C(=O)OCCCCCCCCOc1cc2cc(-c3ccccc3C)c(=O)oc2cn1. The van der Waals surface area contributed by atoms with E-state index in [2.05, 4.69) is 11.6 Å². The van der Waals surface area contributed by atoms with Crippen molar-refractivity contribution >= 4 is 16.9 Å². The van der Waals surface area contributed by atoms with Gasteiger partial charge in [-0.05, 0) is 43.9 Å². The number of aryl methyl sites for hydroxylation is 1. The lowest BCUT2D eigenvalue weighted by Crippen LogP contribution is -2.06. The molecule has 0 amide bonds. The Morgan fingerprint density at radius 2 is 1.70 bits per heavy atom. The minimum atomic E-state index is -0.374. The monoisotopic (exact) mass is 449 g/mol. The number of ether oxygens (including phenoxy) is 2. The van der Waals surface area contributed by atoms with Crippen LogP contribution in [0.2, 0.25) is 0 Å². The number of hydrogen-bond donors (Lipinski definition) is 0. The molecule has 33 heavy (non-hydrogen) atoms. The molecule has 0 spiro atoms. The first-order chi connectivity index (χ1) is 16.0. The van der Waals surface area contributed by atoms with Gasteiger partial charge in [0.1, 0.15) is 0 Å². The maximum absolute atomic E-state index is 12.4. The maximum atomic E-state index is 12.4. The first kappa shape index (κ1) is 24.2. The fraction of sp³-hybridized carbons (Fsp3) is 0.370. The lowest BCUT2D eigenvalue weighted by Gasteiger charge is -2.08. The van der Waals surface area contributed by atoms with Gasteiger partial charge in [0.2, 0.25) is 5.88 Å². The Hall–Kier alpha value is -3.41. The van der Waals surface area contributed by atoms with Crippen molar-refractivity contribution in [2.45, 2.75) is 52.4 Å². The third-order valence-electron chi connectivity index (χ3n) is 5.40. The predicted molar refractivity (Wildman–Crippen MR) is 129 cm³/mol. The number of carbonyl (C=O) groups excluding carboxylic acids is 1. The summed E-state index contributed by atoms with van der Waals surface area (Å²) >= 11 is 0. The number of aromatic nitrogens is 1. The van der Waals surface area contributed by atoms with Crippen molar-refractivity contribution in [3.05, 3.63) is 70.7 Å². The van der Waals surface area contributed by atoms with Gasteiger partial charge in [-0.15, -0.1) is 0 Å². The zero-order valence-electron chi connectivity index (χ0n) is 19.4. The van der Waals surface area contributed by atoms with Gasteiger partial charge in [-0.25, -0.2) is 14.6 Å². The fourth-order valence-corrected chi connectivity index (χ4v) is 3.52. The summed E-state index contributed by atoms with van der Waals surface area (Å²) in [6, 6.07) is 11.4. The highest BCUT2D eigenvalue weighted by Gasteiger charge is 2.11. The summed E-state index contributed by atoms with van der Waals surface area (Å²) in [4.78, 5) is 28.0. The summed E-state index contributed by atoms with van der Waals surface area (Å²) < 4.78 is 16.4. The van der Waals surface area contributed by atoms with Crippen molar-refractivity contribution in [3.63, 3.8) is 0 Å². The van der Waals surface area contributed by atoms with E-state index in [9.17, 15) is 9.59 Å². The molecule has 0 saturated heterocycles. The molecule has 0 radical (unpaired) electrons. The van der Waals surface area contributed by atoms with Crippen molar-refractivity contribution < 1.29 is 18.7 Å². The molecule has 6 heteroatoms. The number of rotatable bonds is 12. The molecular weight excluding hydrogens is 418 g/mol. The van der Waals surface area contributed by atoms with Crippen LogP contribution in [-0.2, 0) is 9.53 Å². The fourth-order valence-electron chi connectivity index (χ4n) is 3.52. The van der Waals surface area contributed by atoms with Crippen molar-refractivity contribution in [1.82, 2.24) is 4.98 Å². The highest BCUT2D eigenvalue weighted by molar-refractivity contribution is 5.86. The molecule has 0 atom stereocenters. The Morgan fingerprint density at radius 3 is 2.42 bits per heavy atom. The lowest BCUT2D eigenvalue weighted by molar-refractivity contribution is -0.139. The number of hydrogen-bond acceptors (Lipinski definition) is 6. The van der Waals surface area contributed by atoms with Crippen molar-refractivity contribution in [3.8, 4) is 17.0 Å². The number of unbranched alkanes of at least 4 members (excludes halogenated alkanes) is 5. The Balaban J connectivity index is 1.43. The second-order valence-corrected chi connectivity index (χ2v) is 8.21. The first-order valence-corrected chi connectivity index (χ1v) is 11.4. The lowest BCUT2D eigenvalue weighted by atomic mass is 10.0. The molecule has 6 nitrogen and oxygen atoms in total. The standard InChI is InChI=1S/C27H31NO5/c1-19(2)26(29)32-15-11-7-5-4-6-10-14-31-25-17-21-16-23(22-13-9-8-12-20(22)3)27(30)33-24(21)18-28-25/h8-9,12-13,16-18H,1,4-7,10-11,14-15H2,2-3H3. The molecule has 3 aromatic rings. The molecule has 1 aromatic carbocycles. The van der Waals surface area contributed by atoms with E-state index in [0.29, 0.717) is 35.8 Å². The van der Waals surface area contributed by atoms with E-state index in [0.717, 1.165) is 55.0 Å². The number of esters is 1. The highest BCUT2D eigenvalue weighted by atomic mass is 16.5. The van der Waals surface area contributed by atoms with E-state index < -0.39 is 0 Å². The van der Waals surface area contributed by atoms with E-state index in [4.69, 9.17) is 13.9 Å². The average molecular weight is 450 g/mol. The molecular formula is C27H31NO5. The van der Waals surface area contributed by atoms with E-state index in [1.54, 1.807) is 6.92 Å². The molecule has 2 aromatic heterocycles. The van der Waals surface area contributed by atoms with E-state index >= 15 is 0 Å².